The van der Waals surface area contributed by atoms with E-state index in [1.54, 1.807) is 43.3 Å². The van der Waals surface area contributed by atoms with Crippen LogP contribution in [0.3, 0.4) is 0 Å². The molecular formula is C18H17ClN2O4. The van der Waals surface area contributed by atoms with E-state index in [9.17, 15) is 14.4 Å². The van der Waals surface area contributed by atoms with Crippen LogP contribution in [0.4, 0.5) is 11.4 Å². The molecule has 0 bridgehead atoms. The second kappa shape index (κ2) is 8.30. The number of carbonyl (C=O) groups is 3. The number of esters is 1. The summed E-state index contributed by atoms with van der Waals surface area (Å²) in [6.07, 6.45) is -0.391. The van der Waals surface area contributed by atoms with E-state index in [0.29, 0.717) is 10.7 Å². The Morgan fingerprint density at radius 3 is 2.28 bits per heavy atom. The molecule has 0 aliphatic rings. The number of anilines is 2. The van der Waals surface area contributed by atoms with Gasteiger partial charge in [0.25, 0.3) is 0 Å². The van der Waals surface area contributed by atoms with Crippen molar-refractivity contribution in [1.82, 2.24) is 0 Å². The Labute approximate surface area is 150 Å². The summed E-state index contributed by atoms with van der Waals surface area (Å²) in [5.74, 6) is -1.59. The van der Waals surface area contributed by atoms with E-state index in [-0.39, 0.29) is 11.3 Å². The number of methoxy groups -OCH3 is 1. The summed E-state index contributed by atoms with van der Waals surface area (Å²) in [6.45, 7) is 1.80. The van der Waals surface area contributed by atoms with E-state index in [0.717, 1.165) is 5.56 Å². The summed E-state index contributed by atoms with van der Waals surface area (Å²) >= 11 is 5.87. The van der Waals surface area contributed by atoms with Gasteiger partial charge in [0.05, 0.1) is 18.4 Å². The summed E-state index contributed by atoms with van der Waals surface area (Å²) in [5.41, 5.74) is 1.87. The van der Waals surface area contributed by atoms with Crippen molar-refractivity contribution >= 4 is 40.8 Å². The second-order valence-electron chi connectivity index (χ2n) is 5.27. The summed E-state index contributed by atoms with van der Waals surface area (Å²) in [4.78, 5) is 35.8. The third kappa shape index (κ3) is 5.06. The highest BCUT2D eigenvalue weighted by Gasteiger charge is 2.15. The van der Waals surface area contributed by atoms with Gasteiger partial charge in [0, 0.05) is 10.7 Å². The van der Waals surface area contributed by atoms with Crippen LogP contribution in [-0.4, -0.2) is 24.9 Å². The number of benzene rings is 2. The normalized spacial score (nSPS) is 10.0. The third-order valence-electron chi connectivity index (χ3n) is 3.39. The highest BCUT2D eigenvalue weighted by atomic mass is 35.5. The van der Waals surface area contributed by atoms with Gasteiger partial charge in [0.15, 0.2) is 0 Å². The van der Waals surface area contributed by atoms with Gasteiger partial charge in [-0.15, -0.1) is 0 Å². The van der Waals surface area contributed by atoms with Crippen molar-refractivity contribution in [2.45, 2.75) is 13.3 Å². The molecule has 6 nitrogen and oxygen atoms in total. The molecule has 0 radical (unpaired) electrons. The summed E-state index contributed by atoms with van der Waals surface area (Å²) in [7, 11) is 1.25. The molecule has 130 valence electrons. The molecule has 0 aliphatic carbocycles. The summed E-state index contributed by atoms with van der Waals surface area (Å²) < 4.78 is 4.66. The van der Waals surface area contributed by atoms with Crippen LogP contribution in [-0.2, 0) is 14.3 Å². The Morgan fingerprint density at radius 2 is 1.64 bits per heavy atom. The molecule has 2 aromatic rings. The Balaban J connectivity index is 2.01. The molecular weight excluding hydrogens is 344 g/mol. The maximum Gasteiger partial charge on any atom is 0.339 e. The van der Waals surface area contributed by atoms with Crippen molar-refractivity contribution in [1.29, 1.82) is 0 Å². The van der Waals surface area contributed by atoms with Crippen molar-refractivity contribution in [2.24, 2.45) is 0 Å². The number of carbonyl (C=O) groups excluding carboxylic acids is 3. The van der Waals surface area contributed by atoms with Crippen LogP contribution < -0.4 is 10.6 Å². The first-order valence-corrected chi connectivity index (χ1v) is 7.81. The van der Waals surface area contributed by atoms with Crippen molar-refractivity contribution < 1.29 is 19.1 Å². The van der Waals surface area contributed by atoms with Gasteiger partial charge in [0.1, 0.15) is 6.42 Å². The molecule has 0 fully saturated rings. The fraction of sp³-hybridized carbons (Fsp3) is 0.167. The zero-order valence-electron chi connectivity index (χ0n) is 13.8. The Bertz CT molecular complexity index is 820. The molecule has 0 unspecified atom stereocenters. The largest absolute Gasteiger partial charge is 0.465 e. The minimum atomic E-state index is -0.572. The quantitative estimate of drug-likeness (QED) is 0.632. The van der Waals surface area contributed by atoms with Crippen molar-refractivity contribution in [3.05, 3.63) is 58.6 Å². The minimum absolute atomic E-state index is 0.215. The Hall–Kier alpha value is -2.86. The average molecular weight is 361 g/mol. The molecule has 0 atom stereocenters. The molecule has 2 rings (SSSR count). The van der Waals surface area contributed by atoms with Gasteiger partial charge in [-0.25, -0.2) is 4.79 Å². The van der Waals surface area contributed by atoms with Crippen LogP contribution in [0.5, 0.6) is 0 Å². The first kappa shape index (κ1) is 18.5. The number of aryl methyl sites for hydroxylation is 1. The van der Waals surface area contributed by atoms with E-state index >= 15 is 0 Å². The van der Waals surface area contributed by atoms with E-state index in [2.05, 4.69) is 15.4 Å². The Kier molecular flexibility index (Phi) is 6.14. The fourth-order valence-corrected chi connectivity index (χ4v) is 2.41. The maximum absolute atomic E-state index is 12.1. The third-order valence-corrected chi connectivity index (χ3v) is 3.63. The SMILES string of the molecule is COC(=O)c1ccccc1NC(=O)CC(=O)Nc1ccc(Cl)cc1C. The van der Waals surface area contributed by atoms with E-state index in [1.165, 1.54) is 13.2 Å². The highest BCUT2D eigenvalue weighted by Crippen LogP contribution is 2.20. The van der Waals surface area contributed by atoms with Gasteiger partial charge in [-0.1, -0.05) is 23.7 Å². The van der Waals surface area contributed by atoms with Crippen LogP contribution in [0.1, 0.15) is 22.3 Å². The lowest BCUT2D eigenvalue weighted by atomic mass is 10.1. The summed E-state index contributed by atoms with van der Waals surface area (Å²) in [5, 5.41) is 5.76. The lowest BCUT2D eigenvalue weighted by Crippen LogP contribution is -2.22. The van der Waals surface area contributed by atoms with Crippen molar-refractivity contribution in [3.8, 4) is 0 Å². The van der Waals surface area contributed by atoms with Crippen LogP contribution in [0.25, 0.3) is 0 Å². The molecule has 0 heterocycles. The highest BCUT2D eigenvalue weighted by molar-refractivity contribution is 6.30. The molecule has 0 spiro atoms. The van der Waals surface area contributed by atoms with Gasteiger partial charge in [-0.05, 0) is 42.8 Å². The van der Waals surface area contributed by atoms with Crippen molar-refractivity contribution in [3.63, 3.8) is 0 Å². The van der Waals surface area contributed by atoms with Gasteiger partial charge in [-0.2, -0.15) is 0 Å². The second-order valence-corrected chi connectivity index (χ2v) is 5.71. The molecule has 2 aromatic carbocycles. The van der Waals surface area contributed by atoms with Crippen LogP contribution >= 0.6 is 11.6 Å². The smallest absolute Gasteiger partial charge is 0.339 e. The number of para-hydroxylation sites is 1. The first-order chi connectivity index (χ1) is 11.9. The molecule has 0 aromatic heterocycles. The standard InChI is InChI=1S/C18H17ClN2O4/c1-11-9-12(19)7-8-14(11)20-16(22)10-17(23)21-15-6-4-3-5-13(15)18(24)25-2/h3-9H,10H2,1-2H3,(H,20,22)(H,21,23). The lowest BCUT2D eigenvalue weighted by molar-refractivity contribution is -0.123. The molecule has 0 saturated heterocycles. The predicted octanol–water partition coefficient (Wildman–Crippen LogP) is 3.40. The molecule has 2 N–H and O–H groups in total. The van der Waals surface area contributed by atoms with Gasteiger partial charge in [-0.3, -0.25) is 9.59 Å². The molecule has 0 aliphatic heterocycles. The number of rotatable bonds is 5. The van der Waals surface area contributed by atoms with Crippen LogP contribution in [0, 0.1) is 6.92 Å². The average Bonchev–Trinajstić information content (AvgIpc) is 2.57. The Morgan fingerprint density at radius 1 is 1.00 bits per heavy atom. The number of nitrogens with one attached hydrogen (secondary N) is 2. The predicted molar refractivity (Wildman–Crippen MR) is 95.8 cm³/mol. The number of hydrogen-bond acceptors (Lipinski definition) is 4. The summed E-state index contributed by atoms with van der Waals surface area (Å²) in [6, 6.07) is 11.4. The fourth-order valence-electron chi connectivity index (χ4n) is 2.18. The van der Waals surface area contributed by atoms with Crippen LogP contribution in [0.2, 0.25) is 5.02 Å². The monoisotopic (exact) mass is 360 g/mol. The van der Waals surface area contributed by atoms with E-state index in [4.69, 9.17) is 11.6 Å². The molecule has 0 saturated carbocycles. The zero-order valence-corrected chi connectivity index (χ0v) is 14.5. The molecule has 25 heavy (non-hydrogen) atoms. The molecule has 7 heteroatoms. The number of halogens is 1. The van der Waals surface area contributed by atoms with E-state index in [1.807, 2.05) is 0 Å². The van der Waals surface area contributed by atoms with Gasteiger partial charge < -0.3 is 15.4 Å². The maximum atomic E-state index is 12.1. The zero-order chi connectivity index (χ0) is 18.4. The molecule has 2 amide bonds. The lowest BCUT2D eigenvalue weighted by Gasteiger charge is -2.11. The van der Waals surface area contributed by atoms with Gasteiger partial charge in [0.2, 0.25) is 11.8 Å². The minimum Gasteiger partial charge on any atom is -0.465 e. The number of amides is 2. The van der Waals surface area contributed by atoms with E-state index < -0.39 is 24.2 Å². The first-order valence-electron chi connectivity index (χ1n) is 7.44. The van der Waals surface area contributed by atoms with Gasteiger partial charge >= 0.3 is 5.97 Å². The topological polar surface area (TPSA) is 84.5 Å². The van der Waals surface area contributed by atoms with Crippen LogP contribution in [0.15, 0.2) is 42.5 Å². The number of ether oxygens (including phenoxy) is 1. The van der Waals surface area contributed by atoms with Crippen molar-refractivity contribution in [2.75, 3.05) is 17.7 Å². The number of hydrogen-bond donors (Lipinski definition) is 2.